The average molecular weight is 991 g/mol. The highest BCUT2D eigenvalue weighted by Crippen LogP contribution is 2.64. The summed E-state index contributed by atoms with van der Waals surface area (Å²) in [6.07, 6.45) is 0. The van der Waals surface area contributed by atoms with Crippen LogP contribution >= 0.6 is 0 Å². The summed E-state index contributed by atoms with van der Waals surface area (Å²) in [6.45, 7) is -1.99. The van der Waals surface area contributed by atoms with Crippen LogP contribution in [0.1, 0.15) is 104 Å². The first kappa shape index (κ1) is 45.0. The lowest BCUT2D eigenvalue weighted by molar-refractivity contribution is -0.713. The van der Waals surface area contributed by atoms with E-state index < -0.39 is 151 Å². The van der Waals surface area contributed by atoms with Gasteiger partial charge >= 0.3 is 88.8 Å². The number of rotatable bonds is 0. The van der Waals surface area contributed by atoms with Gasteiger partial charge in [0.2, 0.25) is 0 Å². The molecule has 7 aliphatic heterocycles. The molecular formula is C46H22O26. The van der Waals surface area contributed by atoms with Gasteiger partial charge in [-0.1, -0.05) is 65.6 Å². The largest absolute Gasteiger partial charge is 0.450 e. The van der Waals surface area contributed by atoms with Crippen LogP contribution in [0.4, 0.5) is 0 Å². The van der Waals surface area contributed by atoms with Gasteiger partial charge in [-0.05, 0) is 60.7 Å². The monoisotopic (exact) mass is 990 g/mol. The number of carbonyl (C=O) groups is 10. The Morgan fingerprint density at radius 3 is 0.958 bits per heavy atom. The Labute approximate surface area is 397 Å². The summed E-state index contributed by atoms with van der Waals surface area (Å²) in [4.78, 5) is 200. The SMILES string of the molecule is O=C1OOC[C@]23OC(=O)c4ccccc4C(=O)OOC4(OC(=O)c5ccccc5C(=O)O[C@@]4(OOC(=O)c4ccccc41)[C@@]14OOC(=O)c5ccccc5C(=O)OO[C@@]21OC(=O)c1ccccc1C(=O)O4)O3. The Hall–Kier alpha value is -9.44. The molecule has 0 amide bonds. The molecule has 72 heavy (non-hydrogen) atoms. The Morgan fingerprint density at radius 2 is 0.556 bits per heavy atom. The van der Waals surface area contributed by atoms with E-state index in [1.165, 1.54) is 60.7 Å². The summed E-state index contributed by atoms with van der Waals surface area (Å²) < 4.78 is 36.1. The van der Waals surface area contributed by atoms with Crippen molar-refractivity contribution < 1.29 is 125 Å². The number of benzene rings is 5. The third kappa shape index (κ3) is 6.38. The Bertz CT molecular complexity index is 3290. The smallest absolute Gasteiger partial charge is 0.419 e. The van der Waals surface area contributed by atoms with E-state index in [-0.39, 0.29) is 0 Å². The second-order valence-corrected chi connectivity index (χ2v) is 15.4. The van der Waals surface area contributed by atoms with Crippen molar-refractivity contribution >= 4 is 59.7 Å². The molecule has 3 bridgehead atoms. The van der Waals surface area contributed by atoms with Crippen molar-refractivity contribution in [3.8, 4) is 0 Å². The first-order valence-corrected chi connectivity index (χ1v) is 20.4. The van der Waals surface area contributed by atoms with Gasteiger partial charge < -0.3 is 23.7 Å². The van der Waals surface area contributed by atoms with E-state index in [0.717, 1.165) is 60.7 Å². The van der Waals surface area contributed by atoms with Crippen LogP contribution in [0, 0.1) is 0 Å². The van der Waals surface area contributed by atoms with Crippen molar-refractivity contribution in [1.82, 2.24) is 0 Å². The zero-order valence-electron chi connectivity index (χ0n) is 35.4. The first-order chi connectivity index (χ1) is 34.7. The molecule has 0 radical (unpaired) electrons. The fraction of sp³-hybridized carbons (Fsp3) is 0.130. The fourth-order valence-electron chi connectivity index (χ4n) is 8.13. The maximum Gasteiger partial charge on any atom is 0.450 e. The van der Waals surface area contributed by atoms with Crippen molar-refractivity contribution in [2.45, 2.75) is 29.1 Å². The van der Waals surface area contributed by atoms with Gasteiger partial charge in [-0.2, -0.15) is 4.89 Å². The van der Waals surface area contributed by atoms with Crippen molar-refractivity contribution in [2.24, 2.45) is 0 Å². The summed E-state index contributed by atoms with van der Waals surface area (Å²) in [5, 5.41) is 0. The lowest BCUT2D eigenvalue weighted by Crippen LogP contribution is -2.93. The average Bonchev–Trinajstić information content (AvgIpc) is 3.39. The van der Waals surface area contributed by atoms with E-state index in [1.54, 1.807) is 0 Å². The van der Waals surface area contributed by atoms with Gasteiger partial charge in [-0.25, -0.2) is 47.9 Å². The van der Waals surface area contributed by atoms with E-state index in [2.05, 4.69) is 0 Å². The third-order valence-corrected chi connectivity index (χ3v) is 11.4. The molecule has 7 aliphatic rings. The molecule has 5 aromatic rings. The van der Waals surface area contributed by atoms with Crippen LogP contribution in [-0.4, -0.2) is 95.4 Å². The molecule has 7 heterocycles. The van der Waals surface area contributed by atoms with E-state index in [1.807, 2.05) is 0 Å². The van der Waals surface area contributed by atoms with Crippen LogP contribution in [0.2, 0.25) is 0 Å². The number of fused-ring (bicyclic) bond motifs is 9. The highest BCUT2D eigenvalue weighted by Gasteiger charge is 3.01. The number of carbonyl (C=O) groups excluding carboxylic acids is 10. The molecule has 26 heteroatoms. The van der Waals surface area contributed by atoms with Gasteiger partial charge in [-0.3, -0.25) is 29.2 Å². The summed E-state index contributed by atoms with van der Waals surface area (Å²) >= 11 is 0. The van der Waals surface area contributed by atoms with Gasteiger partial charge in [0.15, 0.2) is 6.61 Å². The molecular weight excluding hydrogens is 968 g/mol. The molecule has 3 spiro atoms. The quantitative estimate of drug-likeness (QED) is 0.122. The van der Waals surface area contributed by atoms with Crippen molar-refractivity contribution in [3.05, 3.63) is 177 Å². The Balaban J connectivity index is 1.33. The van der Waals surface area contributed by atoms with Crippen LogP contribution in [0.3, 0.4) is 0 Å². The zero-order valence-corrected chi connectivity index (χ0v) is 35.4. The third-order valence-electron chi connectivity index (χ3n) is 11.4. The zero-order chi connectivity index (χ0) is 50.2. The first-order valence-electron chi connectivity index (χ1n) is 20.4. The molecule has 0 aromatic heterocycles. The number of hydrogen-bond acceptors (Lipinski definition) is 26. The highest BCUT2D eigenvalue weighted by atomic mass is 17.3. The molecule has 1 saturated heterocycles. The van der Waals surface area contributed by atoms with E-state index in [9.17, 15) is 33.6 Å². The standard InChI is InChI=1S/C46H22O26/c47-32-26-15-5-6-16-27(26)41(56)67-72-46-45(61-35(50)24-13-3-4-14-25(24)36(51)62-46)44-43(59-33(48)22-11-1-2-12-23(22)34(49)60-44,69-64-38(53)30-19-9-10-20-31(30)39(54)65-70-44)42(58-32,68-46)21-57-63-37(52)28-17-7-8-18-29(28)40(55)66-71-45/h1-20H,21H2/t42-,43+,44+,45-,46?/m1/s1. The van der Waals surface area contributed by atoms with Crippen LogP contribution in [-0.2, 0) is 77.3 Å². The topological polar surface area (TPSA) is 318 Å². The van der Waals surface area contributed by atoms with Gasteiger partial charge in [-0.15, -0.1) is 14.7 Å². The lowest BCUT2D eigenvalue weighted by atomic mass is 9.82. The fourth-order valence-corrected chi connectivity index (χ4v) is 8.13. The summed E-state index contributed by atoms with van der Waals surface area (Å²) in [5.74, 6) is -40.9. The van der Waals surface area contributed by atoms with Crippen molar-refractivity contribution in [1.29, 1.82) is 0 Å². The molecule has 26 nitrogen and oxygen atoms in total. The molecule has 0 N–H and O–H groups in total. The second kappa shape index (κ2) is 16.3. The van der Waals surface area contributed by atoms with Gasteiger partial charge in [0.05, 0.1) is 55.6 Å². The number of hydrogen-bond donors (Lipinski definition) is 0. The molecule has 5 aromatic carbocycles. The van der Waals surface area contributed by atoms with Crippen LogP contribution in [0.25, 0.3) is 0 Å². The van der Waals surface area contributed by atoms with Crippen LogP contribution < -0.4 is 0 Å². The van der Waals surface area contributed by atoms with E-state index in [0.29, 0.717) is 0 Å². The van der Waals surface area contributed by atoms with Gasteiger partial charge in [0.25, 0.3) is 0 Å². The Morgan fingerprint density at radius 1 is 0.278 bits per heavy atom. The van der Waals surface area contributed by atoms with E-state index in [4.69, 9.17) is 77.3 Å². The molecule has 5 atom stereocenters. The van der Waals surface area contributed by atoms with Crippen molar-refractivity contribution in [3.63, 3.8) is 0 Å². The highest BCUT2D eigenvalue weighted by molar-refractivity contribution is 6.07. The maximum absolute atomic E-state index is 15.1. The van der Waals surface area contributed by atoms with Crippen molar-refractivity contribution in [2.75, 3.05) is 6.61 Å². The van der Waals surface area contributed by atoms with E-state index >= 15 is 14.4 Å². The number of ether oxygens (including phenoxy) is 6. The maximum atomic E-state index is 15.1. The molecule has 1 unspecified atom stereocenters. The second-order valence-electron chi connectivity index (χ2n) is 15.4. The van der Waals surface area contributed by atoms with Gasteiger partial charge in [0, 0.05) is 0 Å². The molecule has 0 aliphatic carbocycles. The van der Waals surface area contributed by atoms with Crippen LogP contribution in [0.5, 0.6) is 0 Å². The normalized spacial score (nSPS) is 27.9. The molecule has 12 rings (SSSR count). The summed E-state index contributed by atoms with van der Waals surface area (Å²) in [7, 11) is 0. The molecule has 0 saturated carbocycles. The Kier molecular flexibility index (Phi) is 10.2. The molecule has 1 fully saturated rings. The molecule has 362 valence electrons. The minimum absolute atomic E-state index is 0.705. The minimum Gasteiger partial charge on any atom is -0.419 e. The lowest BCUT2D eigenvalue weighted by Gasteiger charge is -2.61. The number of esters is 5. The van der Waals surface area contributed by atoms with Gasteiger partial charge in [0.1, 0.15) is 0 Å². The predicted molar refractivity (Wildman–Crippen MR) is 211 cm³/mol. The summed E-state index contributed by atoms with van der Waals surface area (Å²) in [5.41, 5.74) is -7.76. The van der Waals surface area contributed by atoms with Crippen LogP contribution in [0.15, 0.2) is 121 Å². The predicted octanol–water partition coefficient (Wildman–Crippen LogP) is 3.25. The minimum atomic E-state index is -4.78. The summed E-state index contributed by atoms with van der Waals surface area (Å²) in [6, 6.07) is 21.5.